The monoisotopic (exact) mass is 270 g/mol. The topological polar surface area (TPSA) is 38.0 Å². The molecule has 0 aliphatic carbocycles. The minimum Gasteiger partial charge on any atom is -0.507 e. The van der Waals surface area contributed by atoms with Crippen molar-refractivity contribution >= 4 is 22.5 Å². The van der Waals surface area contributed by atoms with Crippen LogP contribution < -0.4 is 0 Å². The van der Waals surface area contributed by atoms with Crippen molar-refractivity contribution in [1.82, 2.24) is 9.78 Å². The molecule has 0 aliphatic rings. The van der Waals surface area contributed by atoms with E-state index < -0.39 is 0 Å². The third-order valence-electron chi connectivity index (χ3n) is 3.01. The van der Waals surface area contributed by atoms with E-state index in [1.807, 2.05) is 54.5 Å². The number of rotatable bonds is 3. The highest BCUT2D eigenvalue weighted by atomic mass is 32.2. The lowest BCUT2D eigenvalue weighted by molar-refractivity contribution is 0.481. The molecule has 19 heavy (non-hydrogen) atoms. The van der Waals surface area contributed by atoms with Crippen LogP contribution >= 0.6 is 11.8 Å². The first-order chi connectivity index (χ1) is 9.24. The molecule has 0 spiro atoms. The van der Waals surface area contributed by atoms with Crippen LogP contribution in [0.4, 0.5) is 0 Å². The molecule has 0 fully saturated rings. The summed E-state index contributed by atoms with van der Waals surface area (Å²) in [7, 11) is 1.92. The predicted molar refractivity (Wildman–Crippen MR) is 78.4 cm³/mol. The van der Waals surface area contributed by atoms with Gasteiger partial charge in [-0.05, 0) is 17.5 Å². The largest absolute Gasteiger partial charge is 0.507 e. The molecule has 1 heterocycles. The number of nitrogens with zero attached hydrogens (tertiary/aromatic N) is 2. The number of hydrogen-bond donors (Lipinski definition) is 1. The van der Waals surface area contributed by atoms with Gasteiger partial charge in [-0.25, -0.2) is 0 Å². The van der Waals surface area contributed by atoms with Crippen LogP contribution in [0.2, 0.25) is 0 Å². The molecule has 0 amide bonds. The maximum Gasteiger partial charge on any atom is 0.123 e. The Morgan fingerprint density at radius 3 is 2.68 bits per heavy atom. The number of benzene rings is 2. The van der Waals surface area contributed by atoms with E-state index in [1.54, 1.807) is 17.8 Å². The maximum absolute atomic E-state index is 9.86. The molecule has 1 aromatic heterocycles. The molecule has 0 bridgehead atoms. The van der Waals surface area contributed by atoms with Crippen LogP contribution in [-0.4, -0.2) is 14.9 Å². The highest BCUT2D eigenvalue weighted by Crippen LogP contribution is 2.34. The van der Waals surface area contributed by atoms with Crippen molar-refractivity contribution in [3.05, 3.63) is 54.4 Å². The van der Waals surface area contributed by atoms with E-state index in [9.17, 15) is 5.11 Å². The molecule has 0 atom stereocenters. The van der Waals surface area contributed by atoms with E-state index >= 15 is 0 Å². The number of phenolic OH excluding ortho intramolecular Hbond substituents is 1. The number of hydrogen-bond acceptors (Lipinski definition) is 3. The Hall–Kier alpha value is -1.94. The van der Waals surface area contributed by atoms with Crippen molar-refractivity contribution in [1.29, 1.82) is 0 Å². The first-order valence-electron chi connectivity index (χ1n) is 6.05. The lowest BCUT2D eigenvalue weighted by Crippen LogP contribution is -1.84. The molecule has 4 heteroatoms. The molecule has 2 aromatic carbocycles. The van der Waals surface area contributed by atoms with Gasteiger partial charge in [-0.1, -0.05) is 24.3 Å². The van der Waals surface area contributed by atoms with Gasteiger partial charge in [0.15, 0.2) is 0 Å². The Labute approximate surface area is 115 Å². The molecule has 96 valence electrons. The second kappa shape index (κ2) is 4.97. The fourth-order valence-corrected chi connectivity index (χ4v) is 3.06. The lowest BCUT2D eigenvalue weighted by Gasteiger charge is -2.07. The van der Waals surface area contributed by atoms with Gasteiger partial charge in [0.2, 0.25) is 0 Å². The molecule has 1 N–H and O–H groups in total. The fourth-order valence-electron chi connectivity index (χ4n) is 2.09. The van der Waals surface area contributed by atoms with Gasteiger partial charge >= 0.3 is 0 Å². The molecule has 3 nitrogen and oxygen atoms in total. The van der Waals surface area contributed by atoms with Crippen LogP contribution in [0.5, 0.6) is 5.75 Å². The summed E-state index contributed by atoms with van der Waals surface area (Å²) in [5.41, 5.74) is 1.20. The summed E-state index contributed by atoms with van der Waals surface area (Å²) in [5.74, 6) is 1.21. The Balaban J connectivity index is 1.91. The summed E-state index contributed by atoms with van der Waals surface area (Å²) < 4.78 is 1.81. The van der Waals surface area contributed by atoms with Crippen LogP contribution in [-0.2, 0) is 12.8 Å². The number of phenols is 1. The summed E-state index contributed by atoms with van der Waals surface area (Å²) >= 11 is 1.76. The van der Waals surface area contributed by atoms with Crippen LogP contribution in [0, 0.1) is 0 Å². The minimum atomic E-state index is 0.335. The van der Waals surface area contributed by atoms with Gasteiger partial charge < -0.3 is 5.11 Å². The van der Waals surface area contributed by atoms with Gasteiger partial charge in [-0.2, -0.15) is 5.10 Å². The SMILES string of the molecule is Cn1cc(CSc2ccc(O)c3ccccc23)cn1. The summed E-state index contributed by atoms with van der Waals surface area (Å²) in [6.07, 6.45) is 3.91. The molecule has 0 aliphatic heterocycles. The first kappa shape index (κ1) is 12.1. The fraction of sp³-hybridized carbons (Fsp3) is 0.133. The summed E-state index contributed by atoms with van der Waals surface area (Å²) in [6.45, 7) is 0. The average Bonchev–Trinajstić information content (AvgIpc) is 2.84. The van der Waals surface area contributed by atoms with Crippen LogP contribution in [0.25, 0.3) is 10.8 Å². The van der Waals surface area contributed by atoms with E-state index in [2.05, 4.69) is 5.10 Å². The molecule has 0 radical (unpaired) electrons. The van der Waals surface area contributed by atoms with Crippen molar-refractivity contribution in [3.8, 4) is 5.75 Å². The Bertz CT molecular complexity index is 721. The second-order valence-electron chi connectivity index (χ2n) is 4.44. The number of thioether (sulfide) groups is 1. The Morgan fingerprint density at radius 1 is 1.16 bits per heavy atom. The lowest BCUT2D eigenvalue weighted by atomic mass is 10.1. The van der Waals surface area contributed by atoms with Crippen molar-refractivity contribution in [2.45, 2.75) is 10.6 Å². The van der Waals surface area contributed by atoms with Gasteiger partial charge in [-0.15, -0.1) is 11.8 Å². The average molecular weight is 270 g/mol. The normalized spacial score (nSPS) is 11.0. The van der Waals surface area contributed by atoms with Crippen LogP contribution in [0.15, 0.2) is 53.7 Å². The third-order valence-corrected chi connectivity index (χ3v) is 4.16. The second-order valence-corrected chi connectivity index (χ2v) is 5.46. The Morgan fingerprint density at radius 2 is 1.95 bits per heavy atom. The number of aryl methyl sites for hydroxylation is 1. The number of fused-ring (bicyclic) bond motifs is 1. The quantitative estimate of drug-likeness (QED) is 0.739. The number of aromatic nitrogens is 2. The zero-order valence-electron chi connectivity index (χ0n) is 10.6. The molecular weight excluding hydrogens is 256 g/mol. The van der Waals surface area contributed by atoms with Crippen molar-refractivity contribution in [2.24, 2.45) is 7.05 Å². The molecule has 0 saturated heterocycles. The highest BCUT2D eigenvalue weighted by Gasteiger charge is 2.06. The van der Waals surface area contributed by atoms with E-state index in [0.717, 1.165) is 16.5 Å². The maximum atomic E-state index is 9.86. The molecular formula is C15H14N2OS. The van der Waals surface area contributed by atoms with Crippen molar-refractivity contribution < 1.29 is 5.11 Å². The van der Waals surface area contributed by atoms with E-state index in [-0.39, 0.29) is 0 Å². The van der Waals surface area contributed by atoms with E-state index in [4.69, 9.17) is 0 Å². The van der Waals surface area contributed by atoms with Crippen molar-refractivity contribution in [2.75, 3.05) is 0 Å². The Kier molecular flexibility index (Phi) is 3.17. The van der Waals surface area contributed by atoms with Gasteiger partial charge in [0, 0.05) is 34.8 Å². The third kappa shape index (κ3) is 2.44. The summed E-state index contributed by atoms with van der Waals surface area (Å²) in [6, 6.07) is 11.7. The number of aromatic hydroxyl groups is 1. The van der Waals surface area contributed by atoms with Gasteiger partial charge in [0.05, 0.1) is 6.20 Å². The zero-order chi connectivity index (χ0) is 13.2. The molecule has 3 rings (SSSR count). The predicted octanol–water partition coefficient (Wildman–Crippen LogP) is 3.57. The van der Waals surface area contributed by atoms with E-state index in [0.29, 0.717) is 5.75 Å². The molecule has 3 aromatic rings. The summed E-state index contributed by atoms with van der Waals surface area (Å²) in [5, 5.41) is 16.0. The van der Waals surface area contributed by atoms with Gasteiger partial charge in [0.25, 0.3) is 0 Å². The van der Waals surface area contributed by atoms with Gasteiger partial charge in [-0.3, -0.25) is 4.68 Å². The van der Waals surface area contributed by atoms with Crippen molar-refractivity contribution in [3.63, 3.8) is 0 Å². The molecule has 0 saturated carbocycles. The smallest absolute Gasteiger partial charge is 0.123 e. The minimum absolute atomic E-state index is 0.335. The first-order valence-corrected chi connectivity index (χ1v) is 7.03. The van der Waals surface area contributed by atoms with Crippen LogP contribution in [0.1, 0.15) is 5.56 Å². The summed E-state index contributed by atoms with van der Waals surface area (Å²) in [4.78, 5) is 1.18. The van der Waals surface area contributed by atoms with E-state index in [1.165, 1.54) is 10.5 Å². The molecule has 0 unspecified atom stereocenters. The highest BCUT2D eigenvalue weighted by molar-refractivity contribution is 7.98. The van der Waals surface area contributed by atoms with Gasteiger partial charge in [0.1, 0.15) is 5.75 Å². The van der Waals surface area contributed by atoms with Crippen LogP contribution in [0.3, 0.4) is 0 Å². The zero-order valence-corrected chi connectivity index (χ0v) is 11.4. The standard InChI is InChI=1S/C15H14N2OS/c1-17-9-11(8-16-17)10-19-15-7-6-14(18)12-4-2-3-5-13(12)15/h2-9,18H,10H2,1H3.